The molecular formula is C13H13O. The lowest BCUT2D eigenvalue weighted by Crippen LogP contribution is -2.05. The van der Waals surface area contributed by atoms with E-state index in [9.17, 15) is 0 Å². The lowest BCUT2D eigenvalue weighted by molar-refractivity contribution is 0.245. The van der Waals surface area contributed by atoms with Crippen LogP contribution < -0.4 is 4.74 Å². The molecule has 0 spiro atoms. The fourth-order valence-electron chi connectivity index (χ4n) is 1.48. The maximum absolute atomic E-state index is 5.71. The van der Waals surface area contributed by atoms with Gasteiger partial charge in [0.15, 0.2) is 0 Å². The Kier molecular flexibility index (Phi) is 2.40. The second-order valence-electron chi connectivity index (χ2n) is 3.55. The number of ether oxygens (including phenoxy) is 1. The Labute approximate surface area is 84.3 Å². The summed E-state index contributed by atoms with van der Waals surface area (Å²) in [6.45, 7) is 4.07. The molecule has 0 saturated carbocycles. The number of benzene rings is 2. The Hall–Kier alpha value is -1.50. The van der Waals surface area contributed by atoms with E-state index in [1.165, 1.54) is 0 Å². The van der Waals surface area contributed by atoms with Crippen LogP contribution in [0.2, 0.25) is 0 Å². The summed E-state index contributed by atoms with van der Waals surface area (Å²) in [5, 5.41) is 2.23. The Morgan fingerprint density at radius 3 is 2.71 bits per heavy atom. The van der Waals surface area contributed by atoms with Crippen LogP contribution in [-0.2, 0) is 0 Å². The molecule has 0 saturated heterocycles. The third kappa shape index (κ3) is 1.72. The van der Waals surface area contributed by atoms with Crippen LogP contribution in [0.3, 0.4) is 0 Å². The van der Waals surface area contributed by atoms with Gasteiger partial charge < -0.3 is 4.74 Å². The fraction of sp³-hybridized carbons (Fsp3) is 0.231. The molecule has 0 unspecified atom stereocenters. The molecule has 0 atom stereocenters. The number of hydrogen-bond acceptors (Lipinski definition) is 1. The van der Waals surface area contributed by atoms with Crippen molar-refractivity contribution in [3.05, 3.63) is 42.5 Å². The second kappa shape index (κ2) is 3.70. The van der Waals surface area contributed by atoms with Gasteiger partial charge in [0.1, 0.15) is 5.75 Å². The molecule has 0 aliphatic rings. The topological polar surface area (TPSA) is 9.23 Å². The molecule has 2 aromatic rings. The fourth-order valence-corrected chi connectivity index (χ4v) is 1.48. The van der Waals surface area contributed by atoms with Gasteiger partial charge in [-0.05, 0) is 31.4 Å². The lowest BCUT2D eigenvalue weighted by Gasteiger charge is -2.11. The van der Waals surface area contributed by atoms with E-state index >= 15 is 0 Å². The number of rotatable bonds is 2. The lowest BCUT2D eigenvalue weighted by atomic mass is 10.1. The standard InChI is InChI=1S/C13H13O/c1-10(2)14-13-9-5-7-11-6-3-4-8-12(11)13/h3-6,8-10H,1-2H3. The quantitative estimate of drug-likeness (QED) is 0.696. The molecular weight excluding hydrogens is 172 g/mol. The monoisotopic (exact) mass is 185 g/mol. The van der Waals surface area contributed by atoms with Crippen molar-refractivity contribution in [1.82, 2.24) is 0 Å². The zero-order chi connectivity index (χ0) is 9.97. The molecule has 71 valence electrons. The molecule has 0 fully saturated rings. The molecule has 0 aliphatic carbocycles. The predicted octanol–water partition coefficient (Wildman–Crippen LogP) is 3.43. The first kappa shape index (κ1) is 9.07. The van der Waals surface area contributed by atoms with Crippen LogP contribution in [-0.4, -0.2) is 6.10 Å². The van der Waals surface area contributed by atoms with E-state index in [4.69, 9.17) is 4.74 Å². The van der Waals surface area contributed by atoms with Crippen LogP contribution in [0.1, 0.15) is 13.8 Å². The van der Waals surface area contributed by atoms with Gasteiger partial charge in [-0.25, -0.2) is 0 Å². The van der Waals surface area contributed by atoms with Crippen molar-refractivity contribution >= 4 is 10.8 Å². The molecule has 0 heterocycles. The van der Waals surface area contributed by atoms with E-state index in [0.717, 1.165) is 16.5 Å². The molecule has 2 rings (SSSR count). The summed E-state index contributed by atoms with van der Waals surface area (Å²) in [7, 11) is 0. The summed E-state index contributed by atoms with van der Waals surface area (Å²) in [6, 6.07) is 15.2. The van der Waals surface area contributed by atoms with Crippen molar-refractivity contribution in [2.75, 3.05) is 0 Å². The first-order valence-electron chi connectivity index (χ1n) is 4.83. The molecule has 0 N–H and O–H groups in total. The average Bonchev–Trinajstić information content (AvgIpc) is 2.18. The largest absolute Gasteiger partial charge is 0.490 e. The summed E-state index contributed by atoms with van der Waals surface area (Å²) < 4.78 is 5.71. The van der Waals surface area contributed by atoms with Crippen LogP contribution in [0.4, 0.5) is 0 Å². The first-order chi connectivity index (χ1) is 6.77. The minimum atomic E-state index is 0.209. The van der Waals surface area contributed by atoms with E-state index in [2.05, 4.69) is 12.1 Å². The zero-order valence-electron chi connectivity index (χ0n) is 8.45. The molecule has 0 aliphatic heterocycles. The van der Waals surface area contributed by atoms with Crippen LogP contribution in [0.5, 0.6) is 5.75 Å². The van der Waals surface area contributed by atoms with Gasteiger partial charge in [0.25, 0.3) is 0 Å². The zero-order valence-corrected chi connectivity index (χ0v) is 8.45. The highest BCUT2D eigenvalue weighted by molar-refractivity contribution is 5.87. The highest BCUT2D eigenvalue weighted by Crippen LogP contribution is 2.25. The number of fused-ring (bicyclic) bond motifs is 1. The first-order valence-corrected chi connectivity index (χ1v) is 4.83. The van der Waals surface area contributed by atoms with Gasteiger partial charge >= 0.3 is 0 Å². The van der Waals surface area contributed by atoms with E-state index in [1.54, 1.807) is 0 Å². The van der Waals surface area contributed by atoms with Crippen molar-refractivity contribution in [2.45, 2.75) is 20.0 Å². The molecule has 0 amide bonds. The summed E-state index contributed by atoms with van der Waals surface area (Å²) in [5.74, 6) is 0.939. The van der Waals surface area contributed by atoms with E-state index in [-0.39, 0.29) is 6.10 Å². The van der Waals surface area contributed by atoms with Crippen LogP contribution in [0.15, 0.2) is 36.4 Å². The number of hydrogen-bond donors (Lipinski definition) is 0. The van der Waals surface area contributed by atoms with Crippen LogP contribution in [0.25, 0.3) is 10.8 Å². The normalized spacial score (nSPS) is 10.8. The molecule has 2 aromatic carbocycles. The molecule has 1 nitrogen and oxygen atoms in total. The maximum Gasteiger partial charge on any atom is 0.127 e. The third-order valence-corrected chi connectivity index (χ3v) is 2.03. The summed E-state index contributed by atoms with van der Waals surface area (Å²) in [6.07, 6.45) is 0.209. The molecule has 14 heavy (non-hydrogen) atoms. The van der Waals surface area contributed by atoms with Crippen molar-refractivity contribution < 1.29 is 4.74 Å². The maximum atomic E-state index is 5.71. The SMILES string of the molecule is CC(C)Oc1cc[c]c2ccccc12. The molecule has 1 heteroatoms. The van der Waals surface area contributed by atoms with Crippen molar-refractivity contribution in [1.29, 1.82) is 0 Å². The van der Waals surface area contributed by atoms with E-state index < -0.39 is 0 Å². The summed E-state index contributed by atoms with van der Waals surface area (Å²) in [4.78, 5) is 0. The van der Waals surface area contributed by atoms with Gasteiger partial charge in [-0.15, -0.1) is 0 Å². The van der Waals surface area contributed by atoms with Crippen molar-refractivity contribution in [2.24, 2.45) is 0 Å². The molecule has 0 bridgehead atoms. The Bertz CT molecular complexity index is 427. The van der Waals surface area contributed by atoms with Gasteiger partial charge in [0.2, 0.25) is 0 Å². The Morgan fingerprint density at radius 1 is 1.14 bits per heavy atom. The highest BCUT2D eigenvalue weighted by Gasteiger charge is 2.02. The van der Waals surface area contributed by atoms with Gasteiger partial charge in [-0.2, -0.15) is 0 Å². The second-order valence-corrected chi connectivity index (χ2v) is 3.55. The molecule has 1 radical (unpaired) electrons. The van der Waals surface area contributed by atoms with E-state index in [0.29, 0.717) is 0 Å². The minimum absolute atomic E-state index is 0.209. The van der Waals surface area contributed by atoms with Crippen molar-refractivity contribution in [3.63, 3.8) is 0 Å². The van der Waals surface area contributed by atoms with E-state index in [1.807, 2.05) is 44.2 Å². The van der Waals surface area contributed by atoms with Crippen LogP contribution in [0, 0.1) is 6.07 Å². The third-order valence-electron chi connectivity index (χ3n) is 2.03. The smallest absolute Gasteiger partial charge is 0.127 e. The van der Waals surface area contributed by atoms with Gasteiger partial charge in [-0.3, -0.25) is 0 Å². The summed E-state index contributed by atoms with van der Waals surface area (Å²) >= 11 is 0. The highest BCUT2D eigenvalue weighted by atomic mass is 16.5. The molecule has 0 aromatic heterocycles. The summed E-state index contributed by atoms with van der Waals surface area (Å²) in [5.41, 5.74) is 0. The van der Waals surface area contributed by atoms with Crippen LogP contribution >= 0.6 is 0 Å². The van der Waals surface area contributed by atoms with Gasteiger partial charge in [0, 0.05) is 5.39 Å². The predicted molar refractivity (Wildman–Crippen MR) is 58.5 cm³/mol. The van der Waals surface area contributed by atoms with Gasteiger partial charge in [-0.1, -0.05) is 30.3 Å². The minimum Gasteiger partial charge on any atom is -0.490 e. The Morgan fingerprint density at radius 2 is 1.93 bits per heavy atom. The van der Waals surface area contributed by atoms with Gasteiger partial charge in [0.05, 0.1) is 6.10 Å². The Balaban J connectivity index is 2.53. The average molecular weight is 185 g/mol. The van der Waals surface area contributed by atoms with Crippen molar-refractivity contribution in [3.8, 4) is 5.75 Å².